The molecule has 2 atom stereocenters. The van der Waals surface area contributed by atoms with Gasteiger partial charge < -0.3 is 9.47 Å². The summed E-state index contributed by atoms with van der Waals surface area (Å²) in [4.78, 5) is 11.3. The molecule has 0 N–H and O–H groups in total. The van der Waals surface area contributed by atoms with Crippen LogP contribution in [0.15, 0.2) is 12.2 Å². The fourth-order valence-electron chi connectivity index (χ4n) is 1.38. The molecular formula is C9H14O3. The van der Waals surface area contributed by atoms with Gasteiger partial charge in [0, 0.05) is 7.11 Å². The molecule has 12 heavy (non-hydrogen) atoms. The number of hydrogen-bond donors (Lipinski definition) is 0. The van der Waals surface area contributed by atoms with E-state index in [0.717, 1.165) is 5.57 Å². The maximum absolute atomic E-state index is 11.3. The molecule has 1 aliphatic rings. The molecule has 68 valence electrons. The summed E-state index contributed by atoms with van der Waals surface area (Å²) < 4.78 is 10.3. The van der Waals surface area contributed by atoms with Crippen molar-refractivity contribution in [3.63, 3.8) is 0 Å². The summed E-state index contributed by atoms with van der Waals surface area (Å²) in [6.45, 7) is 7.55. The van der Waals surface area contributed by atoms with Crippen molar-refractivity contribution in [2.45, 2.75) is 20.1 Å². The highest BCUT2D eigenvalue weighted by Gasteiger charge is 2.47. The predicted octanol–water partition coefficient (Wildman–Crippen LogP) is 1.14. The Bertz CT molecular complexity index is 222. The normalized spacial score (nSPS) is 35.6. The molecule has 0 aromatic carbocycles. The molecule has 0 bridgehead atoms. The Morgan fingerprint density at radius 2 is 2.42 bits per heavy atom. The van der Waals surface area contributed by atoms with Gasteiger partial charge in [-0.15, -0.1) is 0 Å². The molecule has 0 amide bonds. The highest BCUT2D eigenvalue weighted by Crippen LogP contribution is 2.39. The first-order chi connectivity index (χ1) is 5.53. The monoisotopic (exact) mass is 170 g/mol. The van der Waals surface area contributed by atoms with Crippen LogP contribution in [0.25, 0.3) is 0 Å². The van der Waals surface area contributed by atoms with Crippen molar-refractivity contribution in [3.8, 4) is 0 Å². The lowest BCUT2D eigenvalue weighted by Gasteiger charge is -2.26. The Hall–Kier alpha value is -0.670. The van der Waals surface area contributed by atoms with Crippen molar-refractivity contribution in [2.75, 3.05) is 13.7 Å². The highest BCUT2D eigenvalue weighted by molar-refractivity contribution is 5.86. The highest BCUT2D eigenvalue weighted by atomic mass is 16.7. The molecule has 1 aliphatic heterocycles. The lowest BCUT2D eigenvalue weighted by Crippen LogP contribution is -2.36. The smallest absolute Gasteiger partial charge is 0.173 e. The molecular weight excluding hydrogens is 156 g/mol. The van der Waals surface area contributed by atoms with Gasteiger partial charge in [-0.25, -0.2) is 0 Å². The van der Waals surface area contributed by atoms with Crippen LogP contribution in [-0.2, 0) is 14.3 Å². The van der Waals surface area contributed by atoms with E-state index in [0.29, 0.717) is 6.61 Å². The van der Waals surface area contributed by atoms with E-state index in [4.69, 9.17) is 9.47 Å². The van der Waals surface area contributed by atoms with Gasteiger partial charge in [-0.2, -0.15) is 0 Å². The van der Waals surface area contributed by atoms with E-state index in [1.807, 2.05) is 0 Å². The second kappa shape index (κ2) is 2.99. The van der Waals surface area contributed by atoms with E-state index in [1.54, 1.807) is 6.92 Å². The molecule has 0 spiro atoms. The van der Waals surface area contributed by atoms with E-state index >= 15 is 0 Å². The first-order valence-electron chi connectivity index (χ1n) is 3.87. The average molecular weight is 170 g/mol. The van der Waals surface area contributed by atoms with E-state index in [9.17, 15) is 4.79 Å². The Morgan fingerprint density at radius 1 is 1.83 bits per heavy atom. The van der Waals surface area contributed by atoms with Crippen LogP contribution in [-0.4, -0.2) is 25.8 Å². The molecule has 1 heterocycles. The fourth-order valence-corrected chi connectivity index (χ4v) is 1.38. The van der Waals surface area contributed by atoms with Gasteiger partial charge in [0.25, 0.3) is 0 Å². The summed E-state index contributed by atoms with van der Waals surface area (Å²) in [6.07, 6.45) is -0.470. The first kappa shape index (κ1) is 9.42. The molecule has 0 aromatic heterocycles. The maximum Gasteiger partial charge on any atom is 0.173 e. The summed E-state index contributed by atoms with van der Waals surface area (Å²) in [5.41, 5.74) is 0.135. The second-order valence-corrected chi connectivity index (χ2v) is 3.24. The summed E-state index contributed by atoms with van der Waals surface area (Å²) >= 11 is 0. The first-order valence-corrected chi connectivity index (χ1v) is 3.87. The van der Waals surface area contributed by atoms with E-state index in [2.05, 4.69) is 6.58 Å². The third-order valence-corrected chi connectivity index (χ3v) is 2.56. The van der Waals surface area contributed by atoms with Crippen LogP contribution in [0.3, 0.4) is 0 Å². The number of rotatable bonds is 2. The van der Waals surface area contributed by atoms with Crippen LogP contribution >= 0.6 is 0 Å². The number of carbonyl (C=O) groups excluding carboxylic acids is 1. The SMILES string of the molecule is C=C1COC(OC)[C@@]1(C)C(C)=O. The summed E-state index contributed by atoms with van der Waals surface area (Å²) in [6, 6.07) is 0. The van der Waals surface area contributed by atoms with E-state index in [1.165, 1.54) is 14.0 Å². The number of carbonyl (C=O) groups is 1. The zero-order valence-electron chi connectivity index (χ0n) is 7.72. The molecule has 3 nitrogen and oxygen atoms in total. The molecule has 0 aliphatic carbocycles. The van der Waals surface area contributed by atoms with Crippen LogP contribution in [0.1, 0.15) is 13.8 Å². The van der Waals surface area contributed by atoms with Gasteiger partial charge in [-0.1, -0.05) is 6.58 Å². The minimum atomic E-state index is -0.658. The second-order valence-electron chi connectivity index (χ2n) is 3.24. The third-order valence-electron chi connectivity index (χ3n) is 2.56. The van der Waals surface area contributed by atoms with Crippen molar-refractivity contribution in [1.29, 1.82) is 0 Å². The van der Waals surface area contributed by atoms with Gasteiger partial charge in [-0.05, 0) is 19.4 Å². The minimum Gasteiger partial charge on any atom is -0.354 e. The molecule has 1 fully saturated rings. The van der Waals surface area contributed by atoms with Gasteiger partial charge in [0.05, 0.1) is 12.0 Å². The van der Waals surface area contributed by atoms with Crippen molar-refractivity contribution in [1.82, 2.24) is 0 Å². The number of Topliss-reactive ketones (excluding diaryl/α,β-unsaturated/α-hetero) is 1. The van der Waals surface area contributed by atoms with E-state index in [-0.39, 0.29) is 5.78 Å². The lowest BCUT2D eigenvalue weighted by molar-refractivity contribution is -0.155. The van der Waals surface area contributed by atoms with Crippen molar-refractivity contribution in [2.24, 2.45) is 5.41 Å². The topological polar surface area (TPSA) is 35.5 Å². The molecule has 1 saturated heterocycles. The van der Waals surface area contributed by atoms with Crippen molar-refractivity contribution in [3.05, 3.63) is 12.2 Å². The van der Waals surface area contributed by atoms with Crippen LogP contribution < -0.4 is 0 Å². The predicted molar refractivity (Wildman–Crippen MR) is 44.7 cm³/mol. The van der Waals surface area contributed by atoms with Crippen molar-refractivity contribution < 1.29 is 14.3 Å². The van der Waals surface area contributed by atoms with Gasteiger partial charge in [0.1, 0.15) is 5.78 Å². The summed E-state index contributed by atoms with van der Waals surface area (Å²) in [5, 5.41) is 0. The van der Waals surface area contributed by atoms with Crippen LogP contribution in [0, 0.1) is 5.41 Å². The average Bonchev–Trinajstić information content (AvgIpc) is 2.30. The Morgan fingerprint density at radius 3 is 2.75 bits per heavy atom. The lowest BCUT2D eigenvalue weighted by atomic mass is 9.81. The molecule has 0 aromatic rings. The minimum absolute atomic E-state index is 0.0388. The Kier molecular flexibility index (Phi) is 2.35. The van der Waals surface area contributed by atoms with Crippen molar-refractivity contribution >= 4 is 5.78 Å². The van der Waals surface area contributed by atoms with Crippen LogP contribution in [0.4, 0.5) is 0 Å². The van der Waals surface area contributed by atoms with Crippen LogP contribution in [0.2, 0.25) is 0 Å². The molecule has 1 rings (SSSR count). The van der Waals surface area contributed by atoms with E-state index < -0.39 is 11.7 Å². The molecule has 3 heteroatoms. The maximum atomic E-state index is 11.3. The quantitative estimate of drug-likeness (QED) is 0.583. The summed E-state index contributed by atoms with van der Waals surface area (Å²) in [7, 11) is 1.53. The molecule has 0 radical (unpaired) electrons. The van der Waals surface area contributed by atoms with Gasteiger partial charge in [0.2, 0.25) is 0 Å². The molecule has 0 saturated carbocycles. The van der Waals surface area contributed by atoms with Gasteiger partial charge >= 0.3 is 0 Å². The third kappa shape index (κ3) is 1.09. The standard InChI is InChI=1S/C9H14O3/c1-6-5-12-8(11-4)9(6,3)7(2)10/h8H,1,5H2,2-4H3/t8?,9-/m1/s1. The Labute approximate surface area is 72.4 Å². The number of ketones is 1. The summed E-state index contributed by atoms with van der Waals surface area (Å²) in [5.74, 6) is 0.0388. The van der Waals surface area contributed by atoms with Gasteiger partial charge in [0.15, 0.2) is 6.29 Å². The molecule has 1 unspecified atom stereocenters. The largest absolute Gasteiger partial charge is 0.354 e. The number of ether oxygens (including phenoxy) is 2. The zero-order chi connectivity index (χ0) is 9.35. The zero-order valence-corrected chi connectivity index (χ0v) is 7.72. The number of methoxy groups -OCH3 is 1. The Balaban J connectivity index is 2.96. The van der Waals surface area contributed by atoms with Gasteiger partial charge in [-0.3, -0.25) is 4.79 Å². The van der Waals surface area contributed by atoms with Crippen LogP contribution in [0.5, 0.6) is 0 Å². The fraction of sp³-hybridized carbons (Fsp3) is 0.667. The number of hydrogen-bond acceptors (Lipinski definition) is 3.